The summed E-state index contributed by atoms with van der Waals surface area (Å²) in [5, 5.41) is 1.42. The van der Waals surface area contributed by atoms with Gasteiger partial charge in [0.15, 0.2) is 0 Å². The van der Waals surface area contributed by atoms with E-state index >= 15 is 0 Å². The molecule has 0 aromatic heterocycles. The Morgan fingerprint density at radius 1 is 0.889 bits per heavy atom. The van der Waals surface area contributed by atoms with E-state index < -0.39 is 9.39 Å². The molecule has 2 aromatic carbocycles. The lowest BCUT2D eigenvalue weighted by molar-refractivity contribution is 0.528. The first-order valence-electron chi connectivity index (χ1n) is 6.21. The second-order valence-corrected chi connectivity index (χ2v) is 6.51. The Hall–Kier alpha value is -1.68. The first-order valence-corrected chi connectivity index (χ1v) is 7.74. The van der Waals surface area contributed by atoms with Gasteiger partial charge in [-0.1, -0.05) is 35.5 Å². The highest BCUT2D eigenvalue weighted by Crippen LogP contribution is 2.32. The van der Waals surface area contributed by atoms with Crippen LogP contribution >= 0.6 is 0 Å². The molecule has 18 heavy (non-hydrogen) atoms. The van der Waals surface area contributed by atoms with Crippen LogP contribution in [-0.2, 0) is 0 Å². The molecule has 0 atom stereocenters. The maximum Gasteiger partial charge on any atom is 0.559 e. The van der Waals surface area contributed by atoms with Gasteiger partial charge in [-0.2, -0.15) is 0 Å². The average Bonchev–Trinajstić information content (AvgIpc) is 2.77. The minimum atomic E-state index is -0.594. The number of hydrogen-bond acceptors (Lipinski definition) is 2. The van der Waals surface area contributed by atoms with Gasteiger partial charge in [0.2, 0.25) is 0 Å². The molecule has 0 aliphatic carbocycles. The largest absolute Gasteiger partial charge is 0.559 e. The van der Waals surface area contributed by atoms with Crippen LogP contribution in [-0.4, -0.2) is 16.1 Å². The quantitative estimate of drug-likeness (QED) is 0.757. The van der Waals surface area contributed by atoms with Gasteiger partial charge in [-0.15, -0.1) is 0 Å². The van der Waals surface area contributed by atoms with Gasteiger partial charge in [0, 0.05) is 0 Å². The first kappa shape index (κ1) is 11.4. The van der Waals surface area contributed by atoms with Crippen molar-refractivity contribution in [3.63, 3.8) is 0 Å². The van der Waals surface area contributed by atoms with Crippen LogP contribution in [0.3, 0.4) is 0 Å². The normalized spacial score (nSPS) is 13.6. The fraction of sp³-hybridized carbons (Fsp3) is 0.143. The van der Waals surface area contributed by atoms with Crippen LogP contribution in [0.2, 0.25) is 0 Å². The van der Waals surface area contributed by atoms with Crippen molar-refractivity contribution in [2.24, 2.45) is 0 Å². The molecular formula is C14H15BO2Si. The molecule has 0 fully saturated rings. The maximum absolute atomic E-state index is 5.85. The van der Waals surface area contributed by atoms with Crippen molar-refractivity contribution >= 4 is 21.3 Å². The molecule has 0 radical (unpaired) electrons. The standard InChI is InChI=1S/C14H15BO2Si/c1-10-6-5-9-14(11(10)2)18-15-16-12-7-3-4-8-13(12)17-15/h3-9H,18H2,1-2H3. The molecule has 3 rings (SSSR count). The Balaban J connectivity index is 1.78. The monoisotopic (exact) mass is 254 g/mol. The van der Waals surface area contributed by atoms with E-state index in [9.17, 15) is 0 Å². The van der Waals surface area contributed by atoms with Gasteiger partial charge in [0.25, 0.3) is 0 Å². The van der Waals surface area contributed by atoms with Gasteiger partial charge in [-0.3, -0.25) is 0 Å². The summed E-state index contributed by atoms with van der Waals surface area (Å²) >= 11 is 0. The highest BCUT2D eigenvalue weighted by Gasteiger charge is 2.31. The molecule has 1 heterocycles. The molecular weight excluding hydrogens is 239 g/mol. The topological polar surface area (TPSA) is 18.5 Å². The molecule has 2 nitrogen and oxygen atoms in total. The second kappa shape index (κ2) is 4.54. The number of aryl methyl sites for hydroxylation is 1. The summed E-state index contributed by atoms with van der Waals surface area (Å²) in [5.74, 6) is 1.75. The van der Waals surface area contributed by atoms with Crippen LogP contribution in [0.25, 0.3) is 0 Å². The average molecular weight is 254 g/mol. The van der Waals surface area contributed by atoms with Crippen LogP contribution in [0.4, 0.5) is 0 Å². The van der Waals surface area contributed by atoms with E-state index in [0.717, 1.165) is 11.5 Å². The van der Waals surface area contributed by atoms with E-state index in [1.165, 1.54) is 16.3 Å². The Labute approximate surface area is 110 Å². The van der Waals surface area contributed by atoms with E-state index in [1.807, 2.05) is 24.3 Å². The molecule has 0 spiro atoms. The molecule has 0 bridgehead atoms. The number of fused-ring (bicyclic) bond motifs is 1. The van der Waals surface area contributed by atoms with Crippen molar-refractivity contribution < 1.29 is 9.31 Å². The molecule has 90 valence electrons. The highest BCUT2D eigenvalue weighted by molar-refractivity contribution is 7.12. The number of benzene rings is 2. The second-order valence-electron chi connectivity index (χ2n) is 4.68. The molecule has 1 aliphatic rings. The van der Waals surface area contributed by atoms with Crippen molar-refractivity contribution in [3.8, 4) is 11.5 Å². The van der Waals surface area contributed by atoms with Gasteiger partial charge in [0.1, 0.15) is 20.9 Å². The van der Waals surface area contributed by atoms with Crippen molar-refractivity contribution in [2.45, 2.75) is 13.8 Å². The highest BCUT2D eigenvalue weighted by atomic mass is 28.2. The van der Waals surface area contributed by atoms with E-state index in [1.54, 1.807) is 0 Å². The third-order valence-electron chi connectivity index (χ3n) is 3.47. The third-order valence-corrected chi connectivity index (χ3v) is 5.34. The van der Waals surface area contributed by atoms with Crippen molar-refractivity contribution in [1.82, 2.24) is 0 Å². The number of rotatable bonds is 2. The molecule has 0 unspecified atom stereocenters. The first-order chi connectivity index (χ1) is 8.74. The van der Waals surface area contributed by atoms with E-state index in [2.05, 4.69) is 32.0 Å². The fourth-order valence-electron chi connectivity index (χ4n) is 2.25. The molecule has 0 saturated carbocycles. The number of para-hydroxylation sites is 2. The lowest BCUT2D eigenvalue weighted by Crippen LogP contribution is -2.41. The van der Waals surface area contributed by atoms with Gasteiger partial charge < -0.3 is 9.31 Å². The predicted octanol–water partition coefficient (Wildman–Crippen LogP) is 1.55. The van der Waals surface area contributed by atoms with Gasteiger partial charge >= 0.3 is 6.71 Å². The SMILES string of the molecule is Cc1cccc([SiH2]B2Oc3ccccc3O2)c1C. The summed E-state index contributed by atoms with van der Waals surface area (Å²) in [4.78, 5) is 0. The predicted molar refractivity (Wildman–Crippen MR) is 77.5 cm³/mol. The van der Waals surface area contributed by atoms with E-state index in [0.29, 0.717) is 0 Å². The molecule has 0 saturated heterocycles. The minimum Gasteiger partial charge on any atom is -0.527 e. The van der Waals surface area contributed by atoms with E-state index in [4.69, 9.17) is 9.31 Å². The summed E-state index contributed by atoms with van der Waals surface area (Å²) in [6.45, 7) is 4.26. The smallest absolute Gasteiger partial charge is 0.527 e. The molecule has 4 heteroatoms. The van der Waals surface area contributed by atoms with Gasteiger partial charge in [-0.05, 0) is 37.1 Å². The Morgan fingerprint density at radius 2 is 1.56 bits per heavy atom. The van der Waals surface area contributed by atoms with Crippen LogP contribution in [0.1, 0.15) is 11.1 Å². The zero-order chi connectivity index (χ0) is 12.5. The molecule has 2 aromatic rings. The van der Waals surface area contributed by atoms with Crippen molar-refractivity contribution in [3.05, 3.63) is 53.6 Å². The van der Waals surface area contributed by atoms with Crippen LogP contribution in [0, 0.1) is 13.8 Å². The zero-order valence-corrected chi connectivity index (χ0v) is 12.1. The Kier molecular flexibility index (Phi) is 2.88. The van der Waals surface area contributed by atoms with Crippen LogP contribution < -0.4 is 14.5 Å². The molecule has 1 aliphatic heterocycles. The van der Waals surface area contributed by atoms with Crippen LogP contribution in [0.15, 0.2) is 42.5 Å². The van der Waals surface area contributed by atoms with Gasteiger partial charge in [-0.25, -0.2) is 0 Å². The summed E-state index contributed by atoms with van der Waals surface area (Å²) < 4.78 is 11.7. The van der Waals surface area contributed by atoms with Crippen molar-refractivity contribution in [1.29, 1.82) is 0 Å². The number of hydrogen-bond donors (Lipinski definition) is 0. The van der Waals surface area contributed by atoms with Crippen LogP contribution in [0.5, 0.6) is 11.5 Å². The Bertz CT molecular complexity index is 561. The summed E-state index contributed by atoms with van der Waals surface area (Å²) in [6, 6.07) is 14.4. The fourth-order valence-corrected chi connectivity index (χ4v) is 3.99. The zero-order valence-electron chi connectivity index (χ0n) is 10.6. The minimum absolute atomic E-state index is 0.0668. The van der Waals surface area contributed by atoms with E-state index in [-0.39, 0.29) is 6.71 Å². The summed E-state index contributed by atoms with van der Waals surface area (Å²) in [7, 11) is -0.594. The molecule has 0 amide bonds. The summed E-state index contributed by atoms with van der Waals surface area (Å²) in [5.41, 5.74) is 2.72. The third kappa shape index (κ3) is 2.04. The molecule has 0 N–H and O–H groups in total. The van der Waals surface area contributed by atoms with Gasteiger partial charge in [0.05, 0.1) is 0 Å². The lowest BCUT2D eigenvalue weighted by Gasteiger charge is -2.09. The Morgan fingerprint density at radius 3 is 2.22 bits per heavy atom. The summed E-state index contributed by atoms with van der Waals surface area (Å²) in [6.07, 6.45) is 0. The van der Waals surface area contributed by atoms with Crippen molar-refractivity contribution in [2.75, 3.05) is 0 Å². The maximum atomic E-state index is 5.85. The lowest BCUT2D eigenvalue weighted by atomic mass is 10.1.